The van der Waals surface area contributed by atoms with E-state index in [1.807, 2.05) is 6.92 Å². The number of nitrogens with zero attached hydrogens (tertiary/aromatic N) is 1. The third-order valence-electron chi connectivity index (χ3n) is 2.28. The Morgan fingerprint density at radius 2 is 2.24 bits per heavy atom. The molecule has 0 spiro atoms. The van der Waals surface area contributed by atoms with E-state index < -0.39 is 0 Å². The summed E-state index contributed by atoms with van der Waals surface area (Å²) in [5.74, 6) is -0.600. The lowest BCUT2D eigenvalue weighted by molar-refractivity contribution is -0.140. The van der Waals surface area contributed by atoms with Gasteiger partial charge < -0.3 is 14.6 Å². The van der Waals surface area contributed by atoms with Crippen LogP contribution in [0.3, 0.4) is 0 Å². The van der Waals surface area contributed by atoms with Gasteiger partial charge in [0.05, 0.1) is 18.6 Å². The van der Waals surface area contributed by atoms with Crippen LogP contribution in [0.25, 0.3) is 0 Å². The zero-order valence-electron chi connectivity index (χ0n) is 9.83. The molecule has 0 saturated heterocycles. The van der Waals surface area contributed by atoms with Crippen molar-refractivity contribution in [2.45, 2.75) is 19.9 Å². The summed E-state index contributed by atoms with van der Waals surface area (Å²) >= 11 is 5.82. The summed E-state index contributed by atoms with van der Waals surface area (Å²) < 4.78 is 6.22. The second-order valence-electron chi connectivity index (χ2n) is 3.41. The van der Waals surface area contributed by atoms with Crippen molar-refractivity contribution in [2.24, 2.45) is 0 Å². The molecular formula is C11H15ClN2O3. The van der Waals surface area contributed by atoms with Crippen LogP contribution in [0.5, 0.6) is 0 Å². The fraction of sp³-hybridized carbons (Fsp3) is 0.455. The highest BCUT2D eigenvalue weighted by atomic mass is 35.5. The number of aromatic nitrogens is 1. The van der Waals surface area contributed by atoms with E-state index in [0.29, 0.717) is 17.3 Å². The van der Waals surface area contributed by atoms with E-state index in [2.05, 4.69) is 10.1 Å². The molecule has 0 aliphatic heterocycles. The van der Waals surface area contributed by atoms with Crippen molar-refractivity contribution in [3.63, 3.8) is 0 Å². The van der Waals surface area contributed by atoms with Crippen LogP contribution >= 0.6 is 11.6 Å². The molecule has 5 nitrogen and oxygen atoms in total. The average molecular weight is 259 g/mol. The molecule has 0 aliphatic carbocycles. The van der Waals surface area contributed by atoms with E-state index >= 15 is 0 Å². The number of aryl methyl sites for hydroxylation is 1. The summed E-state index contributed by atoms with van der Waals surface area (Å²) in [6, 6.07) is 1.60. The summed E-state index contributed by atoms with van der Waals surface area (Å²) in [6.45, 7) is 2.83. The lowest BCUT2D eigenvalue weighted by Crippen LogP contribution is -2.28. The number of methoxy groups -OCH3 is 1. The number of hydrogen-bond acceptors (Lipinski definition) is 3. The molecule has 1 rings (SSSR count). The van der Waals surface area contributed by atoms with Crippen LogP contribution in [-0.4, -0.2) is 30.1 Å². The number of ether oxygens (including phenoxy) is 1. The molecule has 0 aromatic carbocycles. The van der Waals surface area contributed by atoms with Gasteiger partial charge in [-0.1, -0.05) is 11.6 Å². The quantitative estimate of drug-likeness (QED) is 0.814. The van der Waals surface area contributed by atoms with Gasteiger partial charge in [-0.3, -0.25) is 9.59 Å². The molecule has 1 aromatic heterocycles. The Morgan fingerprint density at radius 3 is 2.82 bits per heavy atom. The smallest absolute Gasteiger partial charge is 0.307 e. The number of amides is 1. The monoisotopic (exact) mass is 258 g/mol. The Balaban J connectivity index is 2.54. The summed E-state index contributed by atoms with van der Waals surface area (Å²) in [4.78, 5) is 22.6. The maximum atomic E-state index is 11.8. The molecule has 0 saturated carbocycles. The first kappa shape index (κ1) is 13.6. The number of hydrogen-bond donors (Lipinski definition) is 1. The van der Waals surface area contributed by atoms with Gasteiger partial charge in [-0.25, -0.2) is 0 Å². The highest BCUT2D eigenvalue weighted by molar-refractivity contribution is 6.31. The van der Waals surface area contributed by atoms with Gasteiger partial charge in [0.1, 0.15) is 5.69 Å². The second-order valence-corrected chi connectivity index (χ2v) is 3.85. The summed E-state index contributed by atoms with van der Waals surface area (Å²) in [5, 5.41) is 3.15. The van der Waals surface area contributed by atoms with Gasteiger partial charge in [-0.05, 0) is 13.0 Å². The number of carbonyl (C=O) groups excluding carboxylic acids is 2. The minimum absolute atomic E-state index is 0.156. The summed E-state index contributed by atoms with van der Waals surface area (Å²) in [5.41, 5.74) is 0.488. The lowest BCUT2D eigenvalue weighted by atomic mass is 10.3. The van der Waals surface area contributed by atoms with E-state index in [4.69, 9.17) is 11.6 Å². The second kappa shape index (κ2) is 6.30. The van der Waals surface area contributed by atoms with Gasteiger partial charge in [0.2, 0.25) is 0 Å². The molecule has 6 heteroatoms. The first-order valence-corrected chi connectivity index (χ1v) is 5.67. The van der Waals surface area contributed by atoms with Crippen molar-refractivity contribution in [3.05, 3.63) is 23.0 Å². The van der Waals surface area contributed by atoms with Gasteiger partial charge in [0.15, 0.2) is 0 Å². The Bertz CT molecular complexity index is 415. The van der Waals surface area contributed by atoms with E-state index in [-0.39, 0.29) is 24.8 Å². The molecule has 1 aromatic rings. The van der Waals surface area contributed by atoms with E-state index in [1.54, 1.807) is 16.8 Å². The third kappa shape index (κ3) is 3.78. The third-order valence-corrected chi connectivity index (χ3v) is 2.49. The Hall–Kier alpha value is -1.49. The molecule has 0 fully saturated rings. The Morgan fingerprint density at radius 1 is 1.53 bits per heavy atom. The molecule has 1 N–H and O–H groups in total. The molecule has 0 atom stereocenters. The summed E-state index contributed by atoms with van der Waals surface area (Å²) in [7, 11) is 1.31. The van der Waals surface area contributed by atoms with Crippen molar-refractivity contribution in [2.75, 3.05) is 13.7 Å². The predicted molar refractivity (Wildman–Crippen MR) is 64.1 cm³/mol. The fourth-order valence-corrected chi connectivity index (χ4v) is 1.62. The number of esters is 1. The van der Waals surface area contributed by atoms with E-state index in [9.17, 15) is 9.59 Å². The first-order valence-electron chi connectivity index (χ1n) is 5.29. The number of rotatable bonds is 5. The molecule has 0 bridgehead atoms. The van der Waals surface area contributed by atoms with Crippen LogP contribution in [0.1, 0.15) is 23.8 Å². The van der Waals surface area contributed by atoms with E-state index in [0.717, 1.165) is 0 Å². The van der Waals surface area contributed by atoms with Gasteiger partial charge in [-0.2, -0.15) is 0 Å². The Kier molecular flexibility index (Phi) is 5.03. The Labute approximate surface area is 105 Å². The molecule has 1 amide bonds. The zero-order chi connectivity index (χ0) is 12.8. The van der Waals surface area contributed by atoms with Gasteiger partial charge in [0, 0.05) is 19.3 Å². The largest absolute Gasteiger partial charge is 0.469 e. The zero-order valence-corrected chi connectivity index (χ0v) is 10.6. The normalized spacial score (nSPS) is 10.1. The average Bonchev–Trinajstić information content (AvgIpc) is 2.70. The van der Waals surface area contributed by atoms with Crippen molar-refractivity contribution in [3.8, 4) is 0 Å². The van der Waals surface area contributed by atoms with Crippen LogP contribution in [0, 0.1) is 0 Å². The van der Waals surface area contributed by atoms with Crippen molar-refractivity contribution < 1.29 is 14.3 Å². The highest BCUT2D eigenvalue weighted by Gasteiger charge is 2.12. The van der Waals surface area contributed by atoms with Crippen LogP contribution in [0.15, 0.2) is 12.3 Å². The number of nitrogens with one attached hydrogen (secondary N) is 1. The van der Waals surface area contributed by atoms with Crippen LogP contribution in [0.2, 0.25) is 5.02 Å². The molecule has 0 radical (unpaired) electrons. The molecule has 0 aliphatic rings. The van der Waals surface area contributed by atoms with Gasteiger partial charge >= 0.3 is 5.97 Å². The molecular weight excluding hydrogens is 244 g/mol. The fourth-order valence-electron chi connectivity index (χ4n) is 1.40. The van der Waals surface area contributed by atoms with Gasteiger partial charge in [-0.15, -0.1) is 0 Å². The maximum absolute atomic E-state index is 11.8. The standard InChI is InChI=1S/C11H15ClN2O3/c1-3-14-7-8(12)6-9(14)11(16)13-5-4-10(15)17-2/h6-7H,3-5H2,1-2H3,(H,13,16). The van der Waals surface area contributed by atoms with Crippen LogP contribution < -0.4 is 5.32 Å². The molecule has 94 valence electrons. The molecule has 17 heavy (non-hydrogen) atoms. The van der Waals surface area contributed by atoms with Crippen molar-refractivity contribution in [1.82, 2.24) is 9.88 Å². The minimum atomic E-state index is -0.353. The van der Waals surface area contributed by atoms with Crippen LogP contribution in [0.4, 0.5) is 0 Å². The van der Waals surface area contributed by atoms with Gasteiger partial charge in [0.25, 0.3) is 5.91 Å². The number of carbonyl (C=O) groups is 2. The topological polar surface area (TPSA) is 60.3 Å². The number of halogens is 1. The van der Waals surface area contributed by atoms with E-state index in [1.165, 1.54) is 7.11 Å². The SMILES string of the molecule is CCn1cc(Cl)cc1C(=O)NCCC(=O)OC. The molecule has 0 unspecified atom stereocenters. The lowest BCUT2D eigenvalue weighted by Gasteiger charge is -2.06. The van der Waals surface area contributed by atoms with Crippen LogP contribution in [-0.2, 0) is 16.1 Å². The van der Waals surface area contributed by atoms with Crippen molar-refractivity contribution in [1.29, 1.82) is 0 Å². The minimum Gasteiger partial charge on any atom is -0.469 e. The predicted octanol–water partition coefficient (Wildman–Crippen LogP) is 1.45. The van der Waals surface area contributed by atoms with Crippen molar-refractivity contribution >= 4 is 23.5 Å². The highest BCUT2D eigenvalue weighted by Crippen LogP contribution is 2.13. The first-order chi connectivity index (χ1) is 8.08. The molecule has 1 heterocycles. The summed E-state index contributed by atoms with van der Waals surface area (Å²) in [6.07, 6.45) is 1.85. The maximum Gasteiger partial charge on any atom is 0.307 e.